The number of Topliss-reactive ketones (excluding diaryl/α,β-unsaturated/α-hetero) is 1. The number of carbonyl (C=O) groups excluding carboxylic acids is 2. The van der Waals surface area contributed by atoms with Gasteiger partial charge in [-0.2, -0.15) is 0 Å². The summed E-state index contributed by atoms with van der Waals surface area (Å²) in [5, 5.41) is 22.1. The Bertz CT molecular complexity index is 1050. The number of ether oxygens (including phenoxy) is 2. The third-order valence-corrected chi connectivity index (χ3v) is 5.13. The second kappa shape index (κ2) is 10.1. The van der Waals surface area contributed by atoms with Gasteiger partial charge in [-0.1, -0.05) is 12.1 Å². The minimum Gasteiger partial charge on any atom is -0.507 e. The van der Waals surface area contributed by atoms with Gasteiger partial charge < -0.3 is 19.5 Å². The normalized spacial score (nSPS) is 17.6. The molecule has 1 atom stereocenters. The highest BCUT2D eigenvalue weighted by atomic mass is 16.6. The van der Waals surface area contributed by atoms with Gasteiger partial charge in [0, 0.05) is 38.0 Å². The van der Waals surface area contributed by atoms with Gasteiger partial charge in [0.05, 0.1) is 23.1 Å². The molecule has 9 heteroatoms. The molecule has 3 rings (SSSR count). The molecule has 32 heavy (non-hydrogen) atoms. The van der Waals surface area contributed by atoms with Gasteiger partial charge in [-0.3, -0.25) is 19.7 Å². The minimum atomic E-state index is -0.886. The van der Waals surface area contributed by atoms with Crippen molar-refractivity contribution >= 4 is 23.1 Å². The van der Waals surface area contributed by atoms with E-state index in [9.17, 15) is 24.8 Å². The molecule has 0 aromatic heterocycles. The first-order valence-corrected chi connectivity index (χ1v) is 10.1. The summed E-state index contributed by atoms with van der Waals surface area (Å²) in [6, 6.07) is 11.3. The van der Waals surface area contributed by atoms with E-state index in [-0.39, 0.29) is 23.6 Å². The smallest absolute Gasteiger partial charge is 0.295 e. The molecular formula is C23H24N2O7. The van der Waals surface area contributed by atoms with Crippen LogP contribution in [0.1, 0.15) is 30.5 Å². The number of nitrogens with zero attached hydrogens (tertiary/aromatic N) is 2. The number of aliphatic hydroxyl groups excluding tert-OH is 1. The van der Waals surface area contributed by atoms with E-state index in [1.807, 2.05) is 6.92 Å². The van der Waals surface area contributed by atoms with E-state index >= 15 is 0 Å². The molecule has 2 aromatic rings. The van der Waals surface area contributed by atoms with E-state index in [1.54, 1.807) is 24.3 Å². The van der Waals surface area contributed by atoms with Gasteiger partial charge in [0.25, 0.3) is 17.4 Å². The maximum absolute atomic E-state index is 13.0. The number of ketones is 1. The standard InChI is InChI=1S/C23H24N2O7/c1-3-32-18-7-4-6-16(14-18)21(26)19-20(15-8-10-17(11-9-15)25(29)30)24(12-5-13-31-2)23(28)22(19)27/h4,6-11,14,20,26H,3,5,12-13H2,1-2H3/b21-19+. The largest absolute Gasteiger partial charge is 0.507 e. The number of carbonyl (C=O) groups is 2. The number of nitro groups is 1. The number of aliphatic hydroxyl groups is 1. The van der Waals surface area contributed by atoms with Gasteiger partial charge in [-0.25, -0.2) is 0 Å². The summed E-state index contributed by atoms with van der Waals surface area (Å²) < 4.78 is 10.5. The number of amides is 1. The van der Waals surface area contributed by atoms with Gasteiger partial charge in [-0.05, 0) is 43.2 Å². The van der Waals surface area contributed by atoms with Crippen LogP contribution in [0, 0.1) is 10.1 Å². The van der Waals surface area contributed by atoms with Crippen LogP contribution in [0.2, 0.25) is 0 Å². The third-order valence-electron chi connectivity index (χ3n) is 5.13. The predicted molar refractivity (Wildman–Crippen MR) is 116 cm³/mol. The Kier molecular flexibility index (Phi) is 7.21. The molecular weight excluding hydrogens is 416 g/mol. The van der Waals surface area contributed by atoms with Crippen molar-refractivity contribution in [3.8, 4) is 5.75 Å². The van der Waals surface area contributed by atoms with Gasteiger partial charge in [-0.15, -0.1) is 0 Å². The maximum Gasteiger partial charge on any atom is 0.295 e. The van der Waals surface area contributed by atoms with Crippen LogP contribution in [0.25, 0.3) is 5.76 Å². The Balaban J connectivity index is 2.11. The van der Waals surface area contributed by atoms with E-state index in [0.29, 0.717) is 36.5 Å². The molecule has 1 saturated heterocycles. The van der Waals surface area contributed by atoms with Crippen LogP contribution in [0.4, 0.5) is 5.69 Å². The predicted octanol–water partition coefficient (Wildman–Crippen LogP) is 3.45. The number of methoxy groups -OCH3 is 1. The van der Waals surface area contributed by atoms with Gasteiger partial charge >= 0.3 is 0 Å². The second-order valence-electron chi connectivity index (χ2n) is 7.15. The second-order valence-corrected chi connectivity index (χ2v) is 7.15. The first-order chi connectivity index (χ1) is 15.4. The molecule has 0 bridgehead atoms. The summed E-state index contributed by atoms with van der Waals surface area (Å²) in [7, 11) is 1.54. The van der Waals surface area contributed by atoms with E-state index in [1.165, 1.54) is 36.3 Å². The first-order valence-electron chi connectivity index (χ1n) is 10.1. The highest BCUT2D eigenvalue weighted by Crippen LogP contribution is 2.40. The van der Waals surface area contributed by atoms with Crippen LogP contribution in [0.3, 0.4) is 0 Å². The van der Waals surface area contributed by atoms with Crippen molar-refractivity contribution in [2.75, 3.05) is 26.9 Å². The molecule has 1 aliphatic heterocycles. The average Bonchev–Trinajstić information content (AvgIpc) is 3.04. The van der Waals surface area contributed by atoms with Crippen molar-refractivity contribution in [1.82, 2.24) is 4.90 Å². The van der Waals surface area contributed by atoms with E-state index in [4.69, 9.17) is 9.47 Å². The molecule has 1 amide bonds. The number of hydrogen-bond acceptors (Lipinski definition) is 7. The number of non-ortho nitro benzene ring substituents is 1. The Hall–Kier alpha value is -3.72. The van der Waals surface area contributed by atoms with Crippen LogP contribution in [0.5, 0.6) is 5.75 Å². The molecule has 0 saturated carbocycles. The molecule has 0 spiro atoms. The highest BCUT2D eigenvalue weighted by molar-refractivity contribution is 6.46. The van der Waals surface area contributed by atoms with Crippen molar-refractivity contribution in [3.63, 3.8) is 0 Å². The van der Waals surface area contributed by atoms with E-state index in [2.05, 4.69) is 0 Å². The Morgan fingerprint density at radius 1 is 1.19 bits per heavy atom. The molecule has 1 fully saturated rings. The van der Waals surface area contributed by atoms with Crippen molar-refractivity contribution in [2.24, 2.45) is 0 Å². The summed E-state index contributed by atoms with van der Waals surface area (Å²) >= 11 is 0. The Morgan fingerprint density at radius 3 is 2.53 bits per heavy atom. The molecule has 1 aliphatic rings. The maximum atomic E-state index is 13.0. The van der Waals surface area contributed by atoms with Gasteiger partial charge in [0.1, 0.15) is 11.5 Å². The van der Waals surface area contributed by atoms with Crippen LogP contribution in [0.15, 0.2) is 54.1 Å². The molecule has 0 aliphatic carbocycles. The summed E-state index contributed by atoms with van der Waals surface area (Å²) in [4.78, 5) is 37.6. The van der Waals surface area contributed by atoms with Crippen molar-refractivity contribution in [3.05, 3.63) is 75.3 Å². The fourth-order valence-corrected chi connectivity index (χ4v) is 3.67. The topological polar surface area (TPSA) is 119 Å². The summed E-state index contributed by atoms with van der Waals surface area (Å²) in [6.07, 6.45) is 0.479. The third kappa shape index (κ3) is 4.62. The fourth-order valence-electron chi connectivity index (χ4n) is 3.67. The average molecular weight is 440 g/mol. The van der Waals surface area contributed by atoms with E-state index in [0.717, 1.165) is 0 Å². The molecule has 168 valence electrons. The van der Waals surface area contributed by atoms with Crippen LogP contribution in [-0.4, -0.2) is 53.5 Å². The Labute approximate surface area is 185 Å². The van der Waals surface area contributed by atoms with Crippen LogP contribution < -0.4 is 4.74 Å². The lowest BCUT2D eigenvalue weighted by Gasteiger charge is -2.25. The highest BCUT2D eigenvalue weighted by Gasteiger charge is 2.45. The molecule has 0 radical (unpaired) electrons. The number of rotatable bonds is 9. The lowest BCUT2D eigenvalue weighted by Crippen LogP contribution is -2.31. The van der Waals surface area contributed by atoms with Gasteiger partial charge in [0.15, 0.2) is 0 Å². The lowest BCUT2D eigenvalue weighted by atomic mass is 9.95. The molecule has 2 aromatic carbocycles. The first kappa shape index (κ1) is 23.0. The van der Waals surface area contributed by atoms with Gasteiger partial charge in [0.2, 0.25) is 0 Å². The number of nitro benzene ring substituents is 1. The molecule has 1 N–H and O–H groups in total. The SMILES string of the molecule is CCOc1cccc(/C(O)=C2\C(=O)C(=O)N(CCCOC)C2c2ccc([N+](=O)[O-])cc2)c1. The number of benzene rings is 2. The summed E-state index contributed by atoms with van der Waals surface area (Å²) in [5.41, 5.74) is 0.622. The summed E-state index contributed by atoms with van der Waals surface area (Å²) in [5.74, 6) is -1.38. The van der Waals surface area contributed by atoms with Crippen molar-refractivity contribution in [1.29, 1.82) is 0 Å². The number of hydrogen-bond donors (Lipinski definition) is 1. The van der Waals surface area contributed by atoms with Crippen molar-refractivity contribution < 1.29 is 29.1 Å². The van der Waals surface area contributed by atoms with E-state index < -0.39 is 22.7 Å². The zero-order valence-corrected chi connectivity index (χ0v) is 17.8. The molecule has 1 heterocycles. The van der Waals surface area contributed by atoms with Crippen molar-refractivity contribution in [2.45, 2.75) is 19.4 Å². The lowest BCUT2D eigenvalue weighted by molar-refractivity contribution is -0.384. The van der Waals surface area contributed by atoms with Crippen LogP contribution in [-0.2, 0) is 14.3 Å². The van der Waals surface area contributed by atoms with Crippen LogP contribution >= 0.6 is 0 Å². The monoisotopic (exact) mass is 440 g/mol. The molecule has 1 unspecified atom stereocenters. The molecule has 9 nitrogen and oxygen atoms in total. The minimum absolute atomic E-state index is 0.0741. The zero-order valence-electron chi connectivity index (χ0n) is 17.8. The quantitative estimate of drug-likeness (QED) is 0.158. The summed E-state index contributed by atoms with van der Waals surface area (Å²) in [6.45, 7) is 2.85. The fraction of sp³-hybridized carbons (Fsp3) is 0.304. The number of likely N-dealkylation sites (tertiary alicyclic amines) is 1. The Morgan fingerprint density at radius 2 is 1.91 bits per heavy atom. The zero-order chi connectivity index (χ0) is 23.3.